The molecule has 1 heterocycles. The standard InChI is InChI=1S/C13H9N3O3/c1-9-2-5-12(16(17)18)13(6-9)19-11-4-3-10(7-14)15-8-11/h2-6,8H,1H3. The third-order valence-electron chi connectivity index (χ3n) is 2.39. The number of nitriles is 1. The smallest absolute Gasteiger partial charge is 0.311 e. The molecule has 94 valence electrons. The van der Waals surface area contributed by atoms with Gasteiger partial charge in [-0.1, -0.05) is 6.07 Å². The van der Waals surface area contributed by atoms with Gasteiger partial charge in [-0.3, -0.25) is 10.1 Å². The molecule has 0 aliphatic carbocycles. The first-order chi connectivity index (χ1) is 9.10. The lowest BCUT2D eigenvalue weighted by atomic mass is 10.2. The van der Waals surface area contributed by atoms with Gasteiger partial charge in [-0.25, -0.2) is 4.98 Å². The van der Waals surface area contributed by atoms with Crippen molar-refractivity contribution in [2.24, 2.45) is 0 Å². The molecule has 0 N–H and O–H groups in total. The van der Waals surface area contributed by atoms with Gasteiger partial charge >= 0.3 is 5.69 Å². The van der Waals surface area contributed by atoms with Gasteiger partial charge < -0.3 is 4.74 Å². The summed E-state index contributed by atoms with van der Waals surface area (Å²) in [6, 6.07) is 9.52. The maximum atomic E-state index is 10.9. The van der Waals surface area contributed by atoms with Crippen LogP contribution in [0.5, 0.6) is 11.5 Å². The zero-order valence-electron chi connectivity index (χ0n) is 10.0. The van der Waals surface area contributed by atoms with Gasteiger partial charge in [0.1, 0.15) is 17.5 Å². The monoisotopic (exact) mass is 255 g/mol. The van der Waals surface area contributed by atoms with Gasteiger partial charge in [0.15, 0.2) is 0 Å². The summed E-state index contributed by atoms with van der Waals surface area (Å²) in [5, 5.41) is 19.5. The molecule has 1 aromatic heterocycles. The van der Waals surface area contributed by atoms with E-state index >= 15 is 0 Å². The quantitative estimate of drug-likeness (QED) is 0.621. The third-order valence-corrected chi connectivity index (χ3v) is 2.39. The first-order valence-corrected chi connectivity index (χ1v) is 5.39. The highest BCUT2D eigenvalue weighted by Gasteiger charge is 2.15. The van der Waals surface area contributed by atoms with Gasteiger partial charge in [0.05, 0.1) is 11.1 Å². The van der Waals surface area contributed by atoms with Crippen LogP contribution in [0.2, 0.25) is 0 Å². The fourth-order valence-corrected chi connectivity index (χ4v) is 1.49. The number of rotatable bonds is 3. The maximum Gasteiger partial charge on any atom is 0.311 e. The molecule has 0 saturated carbocycles. The first-order valence-electron chi connectivity index (χ1n) is 5.39. The minimum atomic E-state index is -0.508. The zero-order chi connectivity index (χ0) is 13.8. The number of ether oxygens (including phenoxy) is 1. The second kappa shape index (κ2) is 5.14. The minimum Gasteiger partial charge on any atom is -0.448 e. The van der Waals surface area contributed by atoms with Crippen molar-refractivity contribution in [3.63, 3.8) is 0 Å². The summed E-state index contributed by atoms with van der Waals surface area (Å²) in [7, 11) is 0. The molecule has 0 atom stereocenters. The van der Waals surface area contributed by atoms with Crippen molar-refractivity contribution in [2.45, 2.75) is 6.92 Å². The Balaban J connectivity index is 2.34. The highest BCUT2D eigenvalue weighted by atomic mass is 16.6. The highest BCUT2D eigenvalue weighted by molar-refractivity contribution is 5.50. The molecule has 6 nitrogen and oxygen atoms in total. The fourth-order valence-electron chi connectivity index (χ4n) is 1.49. The van der Waals surface area contributed by atoms with E-state index in [9.17, 15) is 10.1 Å². The van der Waals surface area contributed by atoms with E-state index in [0.717, 1.165) is 5.56 Å². The molecule has 0 aliphatic heterocycles. The van der Waals surface area contributed by atoms with E-state index in [-0.39, 0.29) is 17.1 Å². The minimum absolute atomic E-state index is 0.116. The summed E-state index contributed by atoms with van der Waals surface area (Å²) in [6.45, 7) is 1.81. The van der Waals surface area contributed by atoms with Gasteiger partial charge in [-0.05, 0) is 30.7 Å². The predicted octanol–water partition coefficient (Wildman–Crippen LogP) is 2.96. The van der Waals surface area contributed by atoms with E-state index in [1.165, 1.54) is 24.4 Å². The fraction of sp³-hybridized carbons (Fsp3) is 0.0769. The van der Waals surface area contributed by atoms with E-state index in [2.05, 4.69) is 4.98 Å². The van der Waals surface area contributed by atoms with Crippen molar-refractivity contribution < 1.29 is 9.66 Å². The lowest BCUT2D eigenvalue weighted by molar-refractivity contribution is -0.385. The highest BCUT2D eigenvalue weighted by Crippen LogP contribution is 2.31. The van der Waals surface area contributed by atoms with Gasteiger partial charge in [-0.15, -0.1) is 0 Å². The number of hydrogen-bond donors (Lipinski definition) is 0. The molecule has 6 heteroatoms. The van der Waals surface area contributed by atoms with Crippen molar-refractivity contribution in [3.8, 4) is 17.6 Å². The van der Waals surface area contributed by atoms with Crippen LogP contribution in [0.3, 0.4) is 0 Å². The molecule has 0 amide bonds. The molecular weight excluding hydrogens is 246 g/mol. The van der Waals surface area contributed by atoms with Crippen LogP contribution >= 0.6 is 0 Å². The summed E-state index contributed by atoms with van der Waals surface area (Å²) in [5.74, 6) is 0.490. The van der Waals surface area contributed by atoms with Gasteiger partial charge in [-0.2, -0.15) is 5.26 Å². The Labute approximate surface area is 109 Å². The first kappa shape index (κ1) is 12.5. The largest absolute Gasteiger partial charge is 0.448 e. The molecule has 0 fully saturated rings. The number of pyridine rings is 1. The molecule has 19 heavy (non-hydrogen) atoms. The Morgan fingerprint density at radius 2 is 2.16 bits per heavy atom. The molecule has 0 saturated heterocycles. The number of nitrogens with zero attached hydrogens (tertiary/aromatic N) is 3. The number of hydrogen-bond acceptors (Lipinski definition) is 5. The third kappa shape index (κ3) is 2.84. The lowest BCUT2D eigenvalue weighted by Gasteiger charge is -2.06. The average Bonchev–Trinajstić information content (AvgIpc) is 2.39. The normalized spacial score (nSPS) is 9.68. The Hall–Kier alpha value is -2.94. The molecule has 0 aliphatic rings. The second-order valence-corrected chi connectivity index (χ2v) is 3.82. The number of aromatic nitrogens is 1. The van der Waals surface area contributed by atoms with Crippen LogP contribution in [0.25, 0.3) is 0 Å². The van der Waals surface area contributed by atoms with E-state index in [1.54, 1.807) is 12.1 Å². The lowest BCUT2D eigenvalue weighted by Crippen LogP contribution is -1.94. The van der Waals surface area contributed by atoms with Crippen molar-refractivity contribution in [1.82, 2.24) is 4.98 Å². The Bertz CT molecular complexity index is 660. The van der Waals surface area contributed by atoms with Gasteiger partial charge in [0.2, 0.25) is 5.75 Å². The van der Waals surface area contributed by atoms with Crippen LogP contribution in [0.4, 0.5) is 5.69 Å². The predicted molar refractivity (Wildman–Crippen MR) is 66.9 cm³/mol. The van der Waals surface area contributed by atoms with Crippen LogP contribution in [-0.2, 0) is 0 Å². The number of nitro groups is 1. The van der Waals surface area contributed by atoms with Crippen molar-refractivity contribution in [2.75, 3.05) is 0 Å². The summed E-state index contributed by atoms with van der Waals surface area (Å²) in [4.78, 5) is 14.2. The number of nitro benzene ring substituents is 1. The summed E-state index contributed by atoms with van der Waals surface area (Å²) >= 11 is 0. The molecule has 0 radical (unpaired) electrons. The Morgan fingerprint density at radius 1 is 1.37 bits per heavy atom. The van der Waals surface area contributed by atoms with Gasteiger partial charge in [0.25, 0.3) is 0 Å². The maximum absolute atomic E-state index is 10.9. The molecule has 2 rings (SSSR count). The Kier molecular flexibility index (Phi) is 3.39. The molecular formula is C13H9N3O3. The van der Waals surface area contributed by atoms with E-state index < -0.39 is 4.92 Å². The van der Waals surface area contributed by atoms with Crippen LogP contribution in [0.1, 0.15) is 11.3 Å². The zero-order valence-corrected chi connectivity index (χ0v) is 10.0. The molecule has 0 spiro atoms. The SMILES string of the molecule is Cc1ccc([N+](=O)[O-])c(Oc2ccc(C#N)nc2)c1. The summed E-state index contributed by atoms with van der Waals surface area (Å²) in [5.41, 5.74) is 0.989. The van der Waals surface area contributed by atoms with E-state index in [1.807, 2.05) is 13.0 Å². The average molecular weight is 255 g/mol. The molecule has 0 unspecified atom stereocenters. The summed E-state index contributed by atoms with van der Waals surface area (Å²) < 4.78 is 5.44. The van der Waals surface area contributed by atoms with E-state index in [0.29, 0.717) is 5.75 Å². The van der Waals surface area contributed by atoms with Crippen molar-refractivity contribution in [3.05, 3.63) is 57.9 Å². The van der Waals surface area contributed by atoms with Crippen LogP contribution in [-0.4, -0.2) is 9.91 Å². The Morgan fingerprint density at radius 3 is 2.74 bits per heavy atom. The van der Waals surface area contributed by atoms with E-state index in [4.69, 9.17) is 10.00 Å². The number of aryl methyl sites for hydroxylation is 1. The second-order valence-electron chi connectivity index (χ2n) is 3.82. The van der Waals surface area contributed by atoms with Crippen LogP contribution in [0, 0.1) is 28.4 Å². The topological polar surface area (TPSA) is 89.0 Å². The van der Waals surface area contributed by atoms with Crippen molar-refractivity contribution in [1.29, 1.82) is 5.26 Å². The van der Waals surface area contributed by atoms with Crippen molar-refractivity contribution >= 4 is 5.69 Å². The molecule has 0 bridgehead atoms. The van der Waals surface area contributed by atoms with Crippen LogP contribution < -0.4 is 4.74 Å². The summed E-state index contributed by atoms with van der Waals surface area (Å²) in [6.07, 6.45) is 1.35. The van der Waals surface area contributed by atoms with Gasteiger partial charge in [0, 0.05) is 6.07 Å². The number of benzene rings is 1. The molecule has 2 aromatic rings. The van der Waals surface area contributed by atoms with Crippen LogP contribution in [0.15, 0.2) is 36.5 Å². The molecule has 1 aromatic carbocycles.